The van der Waals surface area contributed by atoms with E-state index >= 15 is 0 Å². The van der Waals surface area contributed by atoms with Gasteiger partial charge in [0.2, 0.25) is 0 Å². The molecule has 20 heavy (non-hydrogen) atoms. The minimum atomic E-state index is 0.424. The Balaban J connectivity index is 1.86. The number of aryl methyl sites for hydroxylation is 2. The van der Waals surface area contributed by atoms with Crippen LogP contribution in [0.1, 0.15) is 11.4 Å². The van der Waals surface area contributed by atoms with Gasteiger partial charge in [-0.15, -0.1) is 0 Å². The average Bonchev–Trinajstić information content (AvgIpc) is 2.72. The summed E-state index contributed by atoms with van der Waals surface area (Å²) in [5, 5.41) is 0. The molecule has 3 aromatic rings. The van der Waals surface area contributed by atoms with Crippen molar-refractivity contribution < 1.29 is 4.74 Å². The topological polar surface area (TPSA) is 53.1 Å². The number of hydrogen-bond donors (Lipinski definition) is 1. The molecule has 0 amide bonds. The molecule has 4 heteroatoms. The van der Waals surface area contributed by atoms with Crippen LogP contribution in [0.3, 0.4) is 0 Å². The van der Waals surface area contributed by atoms with Crippen LogP contribution in [0.25, 0.3) is 11.0 Å². The first-order chi connectivity index (χ1) is 9.63. The van der Waals surface area contributed by atoms with Gasteiger partial charge in [-0.3, -0.25) is 0 Å². The molecule has 0 aliphatic rings. The van der Waals surface area contributed by atoms with E-state index in [1.807, 2.05) is 31.3 Å². The molecule has 0 aliphatic heterocycles. The molecule has 0 atom stereocenters. The van der Waals surface area contributed by atoms with E-state index < -0.39 is 0 Å². The monoisotopic (exact) mass is 267 g/mol. The number of hydrogen-bond acceptors (Lipinski definition) is 3. The molecule has 0 radical (unpaired) electrons. The van der Waals surface area contributed by atoms with Crippen LogP contribution in [0.5, 0.6) is 5.75 Å². The van der Waals surface area contributed by atoms with E-state index in [-0.39, 0.29) is 0 Å². The van der Waals surface area contributed by atoms with Crippen molar-refractivity contribution in [2.24, 2.45) is 7.05 Å². The van der Waals surface area contributed by atoms with Crippen molar-refractivity contribution in [3.8, 4) is 5.75 Å². The third-order valence-corrected chi connectivity index (χ3v) is 3.35. The summed E-state index contributed by atoms with van der Waals surface area (Å²) in [6.45, 7) is 2.49. The van der Waals surface area contributed by atoms with E-state index in [1.165, 1.54) is 5.56 Å². The summed E-state index contributed by atoms with van der Waals surface area (Å²) in [7, 11) is 2.00. The van der Waals surface area contributed by atoms with Gasteiger partial charge in [0.15, 0.2) is 0 Å². The average molecular weight is 267 g/mol. The van der Waals surface area contributed by atoms with E-state index in [0.29, 0.717) is 12.3 Å². The van der Waals surface area contributed by atoms with E-state index in [1.54, 1.807) is 0 Å². The second-order valence-corrected chi connectivity index (χ2v) is 4.94. The van der Waals surface area contributed by atoms with Crippen molar-refractivity contribution in [3.63, 3.8) is 0 Å². The van der Waals surface area contributed by atoms with Crippen LogP contribution in [-0.2, 0) is 13.7 Å². The molecule has 0 aliphatic carbocycles. The maximum absolute atomic E-state index is 5.75. The van der Waals surface area contributed by atoms with Crippen molar-refractivity contribution in [2.75, 3.05) is 5.73 Å². The molecule has 0 bridgehead atoms. The van der Waals surface area contributed by atoms with Gasteiger partial charge in [-0.1, -0.05) is 12.1 Å². The lowest BCUT2D eigenvalue weighted by atomic mass is 10.2. The molecule has 1 heterocycles. The molecule has 0 saturated heterocycles. The summed E-state index contributed by atoms with van der Waals surface area (Å²) < 4.78 is 7.81. The fraction of sp³-hybridized carbons (Fsp3) is 0.188. The SMILES string of the molecule is Cc1ccc2c(c1)nc(COc1cccc(N)c1)n2C. The van der Waals surface area contributed by atoms with E-state index in [4.69, 9.17) is 10.5 Å². The Morgan fingerprint density at radius 2 is 2.05 bits per heavy atom. The van der Waals surface area contributed by atoms with Crippen LogP contribution >= 0.6 is 0 Å². The van der Waals surface area contributed by atoms with Crippen molar-refractivity contribution in [1.29, 1.82) is 0 Å². The van der Waals surface area contributed by atoms with Crippen LogP contribution in [0.2, 0.25) is 0 Å². The lowest BCUT2D eigenvalue weighted by Crippen LogP contribution is -2.03. The van der Waals surface area contributed by atoms with E-state index in [9.17, 15) is 0 Å². The molecule has 0 unspecified atom stereocenters. The largest absolute Gasteiger partial charge is 0.486 e. The molecule has 102 valence electrons. The summed E-state index contributed by atoms with van der Waals surface area (Å²) in [5.74, 6) is 1.65. The molecule has 2 N–H and O–H groups in total. The lowest BCUT2D eigenvalue weighted by molar-refractivity contribution is 0.292. The number of nitrogens with zero attached hydrogens (tertiary/aromatic N) is 2. The number of benzene rings is 2. The summed E-state index contributed by atoms with van der Waals surface area (Å²) in [6.07, 6.45) is 0. The van der Waals surface area contributed by atoms with Gasteiger partial charge in [0.25, 0.3) is 0 Å². The number of anilines is 1. The standard InChI is InChI=1S/C16H17N3O/c1-11-6-7-15-14(8-11)18-16(19(15)2)10-20-13-5-3-4-12(17)9-13/h3-9H,10,17H2,1-2H3. The van der Waals surface area contributed by atoms with Gasteiger partial charge in [-0.05, 0) is 36.8 Å². The highest BCUT2D eigenvalue weighted by Gasteiger charge is 2.08. The van der Waals surface area contributed by atoms with Gasteiger partial charge in [0.05, 0.1) is 11.0 Å². The minimum Gasteiger partial charge on any atom is -0.486 e. The maximum Gasteiger partial charge on any atom is 0.147 e. The zero-order valence-corrected chi connectivity index (χ0v) is 11.6. The number of nitrogen functional groups attached to an aromatic ring is 1. The Morgan fingerprint density at radius 3 is 2.85 bits per heavy atom. The fourth-order valence-electron chi connectivity index (χ4n) is 2.24. The van der Waals surface area contributed by atoms with Crippen LogP contribution in [0.15, 0.2) is 42.5 Å². The minimum absolute atomic E-state index is 0.424. The first-order valence-corrected chi connectivity index (χ1v) is 6.54. The molecular formula is C16H17N3O. The van der Waals surface area contributed by atoms with Crippen molar-refractivity contribution >= 4 is 16.7 Å². The first-order valence-electron chi connectivity index (χ1n) is 6.54. The maximum atomic E-state index is 5.75. The highest BCUT2D eigenvalue weighted by Crippen LogP contribution is 2.19. The summed E-state index contributed by atoms with van der Waals surface area (Å²) >= 11 is 0. The van der Waals surface area contributed by atoms with Crippen molar-refractivity contribution in [1.82, 2.24) is 9.55 Å². The van der Waals surface area contributed by atoms with Crippen LogP contribution < -0.4 is 10.5 Å². The Hall–Kier alpha value is -2.49. The number of aromatic nitrogens is 2. The number of ether oxygens (including phenoxy) is 1. The molecule has 3 rings (SSSR count). The fourth-order valence-corrected chi connectivity index (χ4v) is 2.24. The summed E-state index contributed by atoms with van der Waals surface area (Å²) in [6, 6.07) is 13.7. The van der Waals surface area contributed by atoms with Crippen LogP contribution in [-0.4, -0.2) is 9.55 Å². The van der Waals surface area contributed by atoms with Crippen LogP contribution in [0, 0.1) is 6.92 Å². The summed E-state index contributed by atoms with van der Waals surface area (Å²) in [4.78, 5) is 4.62. The van der Waals surface area contributed by atoms with Gasteiger partial charge in [-0.25, -0.2) is 4.98 Å². The summed E-state index contributed by atoms with van der Waals surface area (Å²) in [5.41, 5.74) is 9.75. The molecule has 4 nitrogen and oxygen atoms in total. The van der Waals surface area contributed by atoms with Gasteiger partial charge in [0, 0.05) is 18.8 Å². The Bertz CT molecular complexity index is 762. The second-order valence-electron chi connectivity index (χ2n) is 4.94. The Kier molecular flexibility index (Phi) is 3.06. The zero-order chi connectivity index (χ0) is 14.1. The predicted octanol–water partition coefficient (Wildman–Crippen LogP) is 3.04. The van der Waals surface area contributed by atoms with Gasteiger partial charge in [-0.2, -0.15) is 0 Å². The van der Waals surface area contributed by atoms with Crippen molar-refractivity contribution in [3.05, 3.63) is 53.9 Å². The van der Waals surface area contributed by atoms with E-state index in [2.05, 4.69) is 34.7 Å². The molecule has 2 aromatic carbocycles. The van der Waals surface area contributed by atoms with Gasteiger partial charge >= 0.3 is 0 Å². The highest BCUT2D eigenvalue weighted by atomic mass is 16.5. The van der Waals surface area contributed by atoms with E-state index in [0.717, 1.165) is 22.6 Å². The quantitative estimate of drug-likeness (QED) is 0.742. The highest BCUT2D eigenvalue weighted by molar-refractivity contribution is 5.76. The number of imidazole rings is 1. The third kappa shape index (κ3) is 2.32. The Morgan fingerprint density at radius 1 is 1.20 bits per heavy atom. The third-order valence-electron chi connectivity index (χ3n) is 3.35. The normalized spacial score (nSPS) is 10.9. The smallest absolute Gasteiger partial charge is 0.147 e. The molecule has 0 fully saturated rings. The van der Waals surface area contributed by atoms with Crippen LogP contribution in [0.4, 0.5) is 5.69 Å². The first kappa shape index (κ1) is 12.5. The lowest BCUT2D eigenvalue weighted by Gasteiger charge is -2.06. The Labute approximate surface area is 117 Å². The number of fused-ring (bicyclic) bond motifs is 1. The zero-order valence-electron chi connectivity index (χ0n) is 11.6. The molecular weight excluding hydrogens is 250 g/mol. The molecule has 0 spiro atoms. The molecule has 1 aromatic heterocycles. The number of nitrogens with two attached hydrogens (primary N) is 1. The predicted molar refractivity (Wildman–Crippen MR) is 80.6 cm³/mol. The second kappa shape index (κ2) is 4.89. The van der Waals surface area contributed by atoms with Gasteiger partial charge < -0.3 is 15.0 Å². The van der Waals surface area contributed by atoms with Gasteiger partial charge in [0.1, 0.15) is 18.2 Å². The number of rotatable bonds is 3. The molecule has 0 saturated carbocycles. The van der Waals surface area contributed by atoms with Crippen molar-refractivity contribution in [2.45, 2.75) is 13.5 Å².